The number of aliphatic hydroxyl groups excluding tert-OH is 1. The molecule has 0 aliphatic heterocycles. The van der Waals surface area contributed by atoms with Gasteiger partial charge in [0, 0.05) is 11.6 Å². The Bertz CT molecular complexity index is 407. The summed E-state index contributed by atoms with van der Waals surface area (Å²) in [5, 5.41) is 19.3. The smallest absolute Gasteiger partial charge is 0.272 e. The third-order valence-electron chi connectivity index (χ3n) is 2.20. The summed E-state index contributed by atoms with van der Waals surface area (Å²) in [5.41, 5.74) is 4.68. The van der Waals surface area contributed by atoms with E-state index in [0.29, 0.717) is 0 Å². The fourth-order valence-electron chi connectivity index (χ4n) is 1.28. The maximum Gasteiger partial charge on any atom is 0.272 e. The molecule has 3 N–H and O–H groups in total. The largest absolute Gasteiger partial charge is 0.394 e. The minimum Gasteiger partial charge on any atom is -0.394 e. The molecule has 1 rings (SSSR count). The van der Waals surface area contributed by atoms with Crippen molar-refractivity contribution in [3.63, 3.8) is 0 Å². The Balaban J connectivity index is 2.96. The van der Waals surface area contributed by atoms with Gasteiger partial charge in [-0.25, -0.2) is 4.39 Å². The van der Waals surface area contributed by atoms with Crippen LogP contribution in [0.5, 0.6) is 0 Å². The number of halogens is 1. The van der Waals surface area contributed by atoms with Crippen LogP contribution >= 0.6 is 0 Å². The van der Waals surface area contributed by atoms with Crippen molar-refractivity contribution in [2.45, 2.75) is 18.9 Å². The van der Waals surface area contributed by atoms with Gasteiger partial charge in [0.05, 0.1) is 17.6 Å². The molecule has 0 aliphatic carbocycles. The summed E-state index contributed by atoms with van der Waals surface area (Å²) < 4.78 is 13.4. The van der Waals surface area contributed by atoms with Crippen molar-refractivity contribution in [1.29, 1.82) is 0 Å². The lowest BCUT2D eigenvalue weighted by molar-refractivity contribution is -0.385. The lowest BCUT2D eigenvalue weighted by Crippen LogP contribution is -2.42. The van der Waals surface area contributed by atoms with Crippen LogP contribution in [0, 0.1) is 15.9 Å². The second kappa shape index (κ2) is 4.54. The first kappa shape index (κ1) is 12.5. The molecule has 16 heavy (non-hydrogen) atoms. The number of nitrogens with zero attached hydrogens (tertiary/aromatic N) is 1. The minimum absolute atomic E-state index is 0.118. The van der Waals surface area contributed by atoms with E-state index >= 15 is 0 Å². The normalized spacial score (nSPS) is 14.5. The van der Waals surface area contributed by atoms with Gasteiger partial charge in [0.15, 0.2) is 0 Å². The zero-order valence-corrected chi connectivity index (χ0v) is 8.81. The zero-order chi connectivity index (χ0) is 12.3. The van der Waals surface area contributed by atoms with E-state index in [9.17, 15) is 14.5 Å². The first-order valence-corrected chi connectivity index (χ1v) is 4.68. The van der Waals surface area contributed by atoms with Gasteiger partial charge in [-0.3, -0.25) is 10.1 Å². The molecule has 1 unspecified atom stereocenters. The number of benzene rings is 1. The van der Waals surface area contributed by atoms with E-state index in [2.05, 4.69) is 0 Å². The summed E-state index contributed by atoms with van der Waals surface area (Å²) >= 11 is 0. The Morgan fingerprint density at radius 3 is 2.69 bits per heavy atom. The number of nitro groups is 1. The van der Waals surface area contributed by atoms with Crippen molar-refractivity contribution in [2.24, 2.45) is 5.73 Å². The van der Waals surface area contributed by atoms with Crippen molar-refractivity contribution in [3.05, 3.63) is 39.7 Å². The van der Waals surface area contributed by atoms with Crippen molar-refractivity contribution in [3.8, 4) is 0 Å². The Kier molecular flexibility index (Phi) is 3.56. The van der Waals surface area contributed by atoms with Crippen molar-refractivity contribution in [1.82, 2.24) is 0 Å². The SMILES string of the molecule is CC(N)(CO)Cc1ccc([N+](=O)[O-])cc1F. The summed E-state index contributed by atoms with van der Waals surface area (Å²) in [6, 6.07) is 3.38. The third-order valence-corrected chi connectivity index (χ3v) is 2.20. The Morgan fingerprint density at radius 1 is 1.62 bits per heavy atom. The monoisotopic (exact) mass is 228 g/mol. The molecule has 1 aromatic rings. The van der Waals surface area contributed by atoms with Crippen LogP contribution in [0.15, 0.2) is 18.2 Å². The average molecular weight is 228 g/mol. The van der Waals surface area contributed by atoms with Crippen molar-refractivity contribution < 1.29 is 14.4 Å². The van der Waals surface area contributed by atoms with Crippen molar-refractivity contribution in [2.75, 3.05) is 6.61 Å². The molecule has 6 heteroatoms. The van der Waals surface area contributed by atoms with E-state index in [0.717, 1.165) is 6.07 Å². The number of hydrogen-bond acceptors (Lipinski definition) is 4. The number of nitrogens with two attached hydrogens (primary N) is 1. The Morgan fingerprint density at radius 2 is 2.25 bits per heavy atom. The van der Waals surface area contributed by atoms with Crippen LogP contribution in [0.25, 0.3) is 0 Å². The quantitative estimate of drug-likeness (QED) is 0.594. The molecule has 0 fully saturated rings. The molecule has 1 aromatic carbocycles. The topological polar surface area (TPSA) is 89.4 Å². The molecule has 88 valence electrons. The second-order valence-electron chi connectivity index (χ2n) is 4.02. The summed E-state index contributed by atoms with van der Waals surface area (Å²) in [7, 11) is 0. The minimum atomic E-state index is -0.934. The first-order valence-electron chi connectivity index (χ1n) is 4.68. The van der Waals surface area contributed by atoms with Gasteiger partial charge in [0.1, 0.15) is 5.82 Å². The van der Waals surface area contributed by atoms with Crippen molar-refractivity contribution >= 4 is 5.69 Å². The molecule has 0 heterocycles. The molecule has 0 bridgehead atoms. The van der Waals surface area contributed by atoms with Gasteiger partial charge in [-0.1, -0.05) is 0 Å². The third kappa shape index (κ3) is 2.98. The Labute approximate surface area is 91.8 Å². The lowest BCUT2D eigenvalue weighted by atomic mass is 9.94. The fourth-order valence-corrected chi connectivity index (χ4v) is 1.28. The van der Waals surface area contributed by atoms with Gasteiger partial charge in [-0.05, 0) is 25.0 Å². The number of nitro benzene ring substituents is 1. The summed E-state index contributed by atoms with van der Waals surface area (Å²) in [6.45, 7) is 1.29. The van der Waals surface area contributed by atoms with Gasteiger partial charge in [-0.2, -0.15) is 0 Å². The second-order valence-corrected chi connectivity index (χ2v) is 4.02. The summed E-state index contributed by atoms with van der Waals surface area (Å²) in [4.78, 5) is 9.71. The number of aliphatic hydroxyl groups is 1. The molecule has 0 aromatic heterocycles. The maximum atomic E-state index is 13.4. The molecule has 0 amide bonds. The van der Waals surface area contributed by atoms with E-state index in [1.165, 1.54) is 12.1 Å². The molecule has 0 saturated carbocycles. The standard InChI is InChI=1S/C10H13FN2O3/c1-10(12,6-14)5-7-2-3-8(13(15)16)4-9(7)11/h2-4,14H,5-6,12H2,1H3. The van der Waals surface area contributed by atoms with Gasteiger partial charge in [-0.15, -0.1) is 0 Å². The lowest BCUT2D eigenvalue weighted by Gasteiger charge is -2.21. The molecule has 1 atom stereocenters. The average Bonchev–Trinajstić information content (AvgIpc) is 2.20. The Hall–Kier alpha value is -1.53. The first-order chi connectivity index (χ1) is 7.35. The summed E-state index contributed by atoms with van der Waals surface area (Å²) in [5.74, 6) is -0.681. The van der Waals surface area contributed by atoms with Crippen LogP contribution in [-0.4, -0.2) is 22.2 Å². The van der Waals surface area contributed by atoms with E-state index in [-0.39, 0.29) is 24.3 Å². The predicted octanol–water partition coefficient (Wildman–Crippen LogP) is 0.986. The number of non-ortho nitro benzene ring substituents is 1. The number of hydrogen-bond donors (Lipinski definition) is 2. The maximum absolute atomic E-state index is 13.4. The summed E-state index contributed by atoms with van der Waals surface area (Å²) in [6.07, 6.45) is 0.118. The fraction of sp³-hybridized carbons (Fsp3) is 0.400. The number of rotatable bonds is 4. The highest BCUT2D eigenvalue weighted by atomic mass is 19.1. The molecule has 0 radical (unpaired) electrons. The predicted molar refractivity (Wildman–Crippen MR) is 56.4 cm³/mol. The van der Waals surface area contributed by atoms with Crippen LogP contribution in [0.2, 0.25) is 0 Å². The van der Waals surface area contributed by atoms with E-state index in [1.807, 2.05) is 0 Å². The van der Waals surface area contributed by atoms with Gasteiger partial charge < -0.3 is 10.8 Å². The highest BCUT2D eigenvalue weighted by molar-refractivity contribution is 5.34. The molecular formula is C10H13FN2O3. The zero-order valence-electron chi connectivity index (χ0n) is 8.81. The molecular weight excluding hydrogens is 215 g/mol. The van der Waals surface area contributed by atoms with Crippen LogP contribution in [0.4, 0.5) is 10.1 Å². The van der Waals surface area contributed by atoms with Crippen LogP contribution in [-0.2, 0) is 6.42 Å². The van der Waals surface area contributed by atoms with E-state index in [4.69, 9.17) is 10.8 Å². The van der Waals surface area contributed by atoms with Crippen LogP contribution in [0.1, 0.15) is 12.5 Å². The molecule has 0 aliphatic rings. The van der Waals surface area contributed by atoms with Gasteiger partial charge in [0.2, 0.25) is 0 Å². The van der Waals surface area contributed by atoms with E-state index in [1.54, 1.807) is 6.92 Å². The van der Waals surface area contributed by atoms with Crippen LogP contribution < -0.4 is 5.73 Å². The molecule has 0 spiro atoms. The van der Waals surface area contributed by atoms with Gasteiger partial charge >= 0.3 is 0 Å². The highest BCUT2D eigenvalue weighted by Gasteiger charge is 2.21. The van der Waals surface area contributed by atoms with Gasteiger partial charge in [0.25, 0.3) is 5.69 Å². The van der Waals surface area contributed by atoms with Crippen LogP contribution in [0.3, 0.4) is 0 Å². The highest BCUT2D eigenvalue weighted by Crippen LogP contribution is 2.19. The molecule has 0 saturated heterocycles. The molecule has 5 nitrogen and oxygen atoms in total. The van der Waals surface area contributed by atoms with E-state index < -0.39 is 16.3 Å².